The highest BCUT2D eigenvalue weighted by molar-refractivity contribution is 5.19. The molecule has 0 radical (unpaired) electrons. The second-order valence-electron chi connectivity index (χ2n) is 5.69. The molecule has 106 valence electrons. The van der Waals surface area contributed by atoms with Crippen LogP contribution in [-0.4, -0.2) is 27.4 Å². The molecule has 0 aromatic heterocycles. The van der Waals surface area contributed by atoms with Crippen molar-refractivity contribution in [3.05, 3.63) is 23.8 Å². The molecule has 0 aliphatic heterocycles. The summed E-state index contributed by atoms with van der Waals surface area (Å²) in [4.78, 5) is 0. The van der Waals surface area contributed by atoms with Gasteiger partial charge in [0.05, 0.1) is 6.10 Å². The third-order valence-corrected chi connectivity index (χ3v) is 3.53. The highest BCUT2D eigenvalue weighted by Crippen LogP contribution is 2.41. The van der Waals surface area contributed by atoms with Gasteiger partial charge in [0, 0.05) is 27.2 Å². The lowest BCUT2D eigenvalue weighted by Crippen LogP contribution is -2.26. The van der Waals surface area contributed by atoms with Gasteiger partial charge in [0.15, 0.2) is 0 Å². The summed E-state index contributed by atoms with van der Waals surface area (Å²) < 4.78 is 9.49. The van der Waals surface area contributed by atoms with E-state index >= 15 is 0 Å². The average Bonchev–Trinajstić information content (AvgIpc) is 2.28. The van der Waals surface area contributed by atoms with Crippen LogP contribution in [0.3, 0.4) is 0 Å². The monoisotopic (exact) mass is 254 g/mol. The highest BCUT2D eigenvalue weighted by Gasteiger charge is 2.30. The summed E-state index contributed by atoms with van der Waals surface area (Å²) in [6, 6.07) is 0. The van der Waals surface area contributed by atoms with Gasteiger partial charge >= 0.3 is 0 Å². The van der Waals surface area contributed by atoms with Crippen LogP contribution >= 0.6 is 0 Å². The first-order chi connectivity index (χ1) is 8.38. The lowest BCUT2D eigenvalue weighted by Gasteiger charge is -2.36. The molecule has 0 spiro atoms. The van der Waals surface area contributed by atoms with E-state index in [1.165, 1.54) is 18.4 Å². The minimum Gasteiger partial charge on any atom is -0.388 e. The molecule has 1 aliphatic carbocycles. The number of methoxy groups -OCH3 is 2. The van der Waals surface area contributed by atoms with Gasteiger partial charge in [-0.05, 0) is 32.1 Å². The van der Waals surface area contributed by atoms with Gasteiger partial charge in [-0.25, -0.2) is 0 Å². The zero-order valence-corrected chi connectivity index (χ0v) is 13.1. The normalized spacial score (nSPS) is 24.2. The topological polar surface area (TPSA) is 18.5 Å². The Morgan fingerprint density at radius 1 is 1.33 bits per heavy atom. The molecule has 0 bridgehead atoms. The van der Waals surface area contributed by atoms with Gasteiger partial charge in [0.1, 0.15) is 0 Å². The summed E-state index contributed by atoms with van der Waals surface area (Å²) in [5.74, 6) is 0.573. The van der Waals surface area contributed by atoms with Crippen LogP contribution in [-0.2, 0) is 9.47 Å². The summed E-state index contributed by atoms with van der Waals surface area (Å²) in [5.41, 5.74) is 1.90. The van der Waals surface area contributed by atoms with E-state index < -0.39 is 0 Å². The quantitative estimate of drug-likeness (QED) is 0.702. The van der Waals surface area contributed by atoms with E-state index in [1.54, 1.807) is 21.3 Å². The predicted octanol–water partition coefficient (Wildman–Crippen LogP) is 4.22. The summed E-state index contributed by atoms with van der Waals surface area (Å²) in [6.45, 7) is 9.03. The lowest BCUT2D eigenvalue weighted by molar-refractivity contribution is 0.155. The van der Waals surface area contributed by atoms with Crippen LogP contribution in [0, 0.1) is 11.3 Å². The number of hydrogen-bond donors (Lipinski definition) is 0. The van der Waals surface area contributed by atoms with Crippen LogP contribution in [0.25, 0.3) is 0 Å². The maximum Gasteiger partial charge on any atom is 0.0724 e. The molecule has 2 unspecified atom stereocenters. The van der Waals surface area contributed by atoms with Gasteiger partial charge in [-0.3, -0.25) is 0 Å². The Morgan fingerprint density at radius 2 is 1.89 bits per heavy atom. The zero-order valence-electron chi connectivity index (χ0n) is 13.1. The predicted molar refractivity (Wildman–Crippen MR) is 78.8 cm³/mol. The minimum atomic E-state index is 0.218. The molecule has 2 nitrogen and oxygen atoms in total. The van der Waals surface area contributed by atoms with Crippen LogP contribution in [0.5, 0.6) is 0 Å². The fourth-order valence-electron chi connectivity index (χ4n) is 2.33. The molecule has 0 aromatic carbocycles. The van der Waals surface area contributed by atoms with Crippen molar-refractivity contribution >= 4 is 0 Å². The maximum atomic E-state index is 5.24. The largest absolute Gasteiger partial charge is 0.388 e. The second kappa shape index (κ2) is 8.49. The van der Waals surface area contributed by atoms with E-state index in [0.717, 1.165) is 0 Å². The smallest absolute Gasteiger partial charge is 0.0724 e. The molecule has 0 N–H and O–H groups in total. The molecule has 1 rings (SSSR count). The SMILES string of the molecule is COC.COC(C)C=CC1C(C)=CCCC1(C)C. The Morgan fingerprint density at radius 3 is 2.33 bits per heavy atom. The van der Waals surface area contributed by atoms with Crippen molar-refractivity contribution in [2.45, 2.75) is 46.6 Å². The third kappa shape index (κ3) is 5.83. The Labute approximate surface area is 113 Å². The van der Waals surface area contributed by atoms with Crippen molar-refractivity contribution in [1.29, 1.82) is 0 Å². The summed E-state index contributed by atoms with van der Waals surface area (Å²) in [5, 5.41) is 0. The zero-order chi connectivity index (χ0) is 14.2. The molecule has 0 fully saturated rings. The van der Waals surface area contributed by atoms with Gasteiger partial charge in [0.2, 0.25) is 0 Å². The highest BCUT2D eigenvalue weighted by atomic mass is 16.5. The van der Waals surface area contributed by atoms with Crippen molar-refractivity contribution in [2.24, 2.45) is 11.3 Å². The molecule has 0 saturated carbocycles. The number of hydrogen-bond acceptors (Lipinski definition) is 2. The Balaban J connectivity index is 0.000000873. The van der Waals surface area contributed by atoms with Crippen molar-refractivity contribution in [3.8, 4) is 0 Å². The minimum absolute atomic E-state index is 0.218. The van der Waals surface area contributed by atoms with Gasteiger partial charge in [-0.2, -0.15) is 0 Å². The van der Waals surface area contributed by atoms with Crippen molar-refractivity contribution < 1.29 is 9.47 Å². The Kier molecular flexibility index (Phi) is 8.21. The van der Waals surface area contributed by atoms with Crippen LogP contribution in [0.2, 0.25) is 0 Å². The van der Waals surface area contributed by atoms with E-state index in [4.69, 9.17) is 4.74 Å². The van der Waals surface area contributed by atoms with Gasteiger partial charge < -0.3 is 9.47 Å². The van der Waals surface area contributed by atoms with Gasteiger partial charge in [-0.15, -0.1) is 0 Å². The summed E-state index contributed by atoms with van der Waals surface area (Å²) in [6.07, 6.45) is 9.59. The summed E-state index contributed by atoms with van der Waals surface area (Å²) >= 11 is 0. The van der Waals surface area contributed by atoms with Crippen LogP contribution < -0.4 is 0 Å². The van der Waals surface area contributed by atoms with E-state index in [1.807, 2.05) is 0 Å². The number of allylic oxidation sites excluding steroid dienone is 3. The number of ether oxygens (including phenoxy) is 2. The molecule has 0 amide bonds. The van der Waals surface area contributed by atoms with Crippen LogP contribution in [0.4, 0.5) is 0 Å². The molecule has 0 aromatic rings. The Hall–Kier alpha value is -0.600. The molecule has 0 heterocycles. The first-order valence-electron chi connectivity index (χ1n) is 6.67. The first kappa shape index (κ1) is 17.4. The van der Waals surface area contributed by atoms with Crippen LogP contribution in [0.1, 0.15) is 40.5 Å². The van der Waals surface area contributed by atoms with Gasteiger partial charge in [-0.1, -0.05) is 37.6 Å². The van der Waals surface area contributed by atoms with Crippen molar-refractivity contribution in [1.82, 2.24) is 0 Å². The van der Waals surface area contributed by atoms with Gasteiger partial charge in [0.25, 0.3) is 0 Å². The third-order valence-electron chi connectivity index (χ3n) is 3.53. The van der Waals surface area contributed by atoms with E-state index in [-0.39, 0.29) is 6.10 Å². The van der Waals surface area contributed by atoms with Crippen molar-refractivity contribution in [2.75, 3.05) is 21.3 Å². The molecule has 1 aliphatic rings. The molecule has 0 saturated heterocycles. The van der Waals surface area contributed by atoms with E-state index in [9.17, 15) is 0 Å². The maximum absolute atomic E-state index is 5.24. The Bertz CT molecular complexity index is 277. The first-order valence-corrected chi connectivity index (χ1v) is 6.67. The number of rotatable bonds is 3. The second-order valence-corrected chi connectivity index (χ2v) is 5.69. The fourth-order valence-corrected chi connectivity index (χ4v) is 2.33. The van der Waals surface area contributed by atoms with E-state index in [2.05, 4.69) is 50.7 Å². The molecule has 2 atom stereocenters. The lowest BCUT2D eigenvalue weighted by atomic mass is 9.68. The van der Waals surface area contributed by atoms with Crippen molar-refractivity contribution in [3.63, 3.8) is 0 Å². The molecular weight excluding hydrogens is 224 g/mol. The standard InChI is InChI=1S/C14H24O.C2H6O/c1-11-7-6-10-14(3,4)13(11)9-8-12(2)15-5;1-3-2/h7-9,12-13H,6,10H2,1-5H3;1-2H3. The average molecular weight is 254 g/mol. The fraction of sp³-hybridized carbons (Fsp3) is 0.750. The van der Waals surface area contributed by atoms with Crippen LogP contribution in [0.15, 0.2) is 23.8 Å². The summed E-state index contributed by atoms with van der Waals surface area (Å²) in [7, 11) is 5.00. The molecular formula is C16H30O2. The molecule has 2 heteroatoms. The molecule has 18 heavy (non-hydrogen) atoms. The van der Waals surface area contributed by atoms with E-state index in [0.29, 0.717) is 11.3 Å².